The van der Waals surface area contributed by atoms with Crippen molar-refractivity contribution in [2.75, 3.05) is 19.8 Å². The molecule has 1 saturated carbocycles. The predicted octanol–water partition coefficient (Wildman–Crippen LogP) is 2.19. The summed E-state index contributed by atoms with van der Waals surface area (Å²) in [6.07, 6.45) is 5.50. The summed E-state index contributed by atoms with van der Waals surface area (Å²) >= 11 is 0. The Morgan fingerprint density at radius 1 is 1.19 bits per heavy atom. The average Bonchev–Trinajstić information content (AvgIpc) is 2.39. The van der Waals surface area contributed by atoms with Crippen LogP contribution < -0.4 is 0 Å². The molecule has 1 heterocycles. The van der Waals surface area contributed by atoms with Gasteiger partial charge in [0.25, 0.3) is 0 Å². The number of hydrogen-bond acceptors (Lipinski definition) is 3. The van der Waals surface area contributed by atoms with E-state index in [0.717, 1.165) is 18.8 Å². The van der Waals surface area contributed by atoms with Crippen LogP contribution in [0, 0.1) is 11.8 Å². The van der Waals surface area contributed by atoms with Crippen molar-refractivity contribution in [1.82, 2.24) is 0 Å². The van der Waals surface area contributed by atoms with Crippen molar-refractivity contribution in [3.05, 3.63) is 0 Å². The lowest BCUT2D eigenvalue weighted by atomic mass is 9.78. The molecular formula is C13H22O3. The largest absolute Gasteiger partial charge is 0.376 e. The molecule has 0 bridgehead atoms. The van der Waals surface area contributed by atoms with Crippen LogP contribution in [0.25, 0.3) is 0 Å². The van der Waals surface area contributed by atoms with E-state index in [1.807, 2.05) is 0 Å². The molecule has 3 nitrogen and oxygen atoms in total. The van der Waals surface area contributed by atoms with E-state index in [4.69, 9.17) is 9.47 Å². The van der Waals surface area contributed by atoms with Gasteiger partial charge in [-0.2, -0.15) is 0 Å². The van der Waals surface area contributed by atoms with E-state index in [1.54, 1.807) is 0 Å². The van der Waals surface area contributed by atoms with Gasteiger partial charge < -0.3 is 9.47 Å². The summed E-state index contributed by atoms with van der Waals surface area (Å²) in [4.78, 5) is 12.1. The molecule has 0 amide bonds. The van der Waals surface area contributed by atoms with Gasteiger partial charge in [0.1, 0.15) is 6.10 Å². The molecule has 0 aromatic heterocycles. The Labute approximate surface area is 97.5 Å². The molecule has 16 heavy (non-hydrogen) atoms. The van der Waals surface area contributed by atoms with Crippen molar-refractivity contribution in [1.29, 1.82) is 0 Å². The highest BCUT2D eigenvalue weighted by Gasteiger charge is 2.32. The maximum absolute atomic E-state index is 12.1. The zero-order valence-electron chi connectivity index (χ0n) is 10.1. The van der Waals surface area contributed by atoms with Crippen LogP contribution in [0.1, 0.15) is 39.0 Å². The monoisotopic (exact) mass is 226 g/mol. The number of hydrogen-bond donors (Lipinski definition) is 0. The lowest BCUT2D eigenvalue weighted by Crippen LogP contribution is -2.40. The van der Waals surface area contributed by atoms with Gasteiger partial charge in [-0.1, -0.05) is 13.3 Å². The van der Waals surface area contributed by atoms with Gasteiger partial charge in [-0.3, -0.25) is 4.79 Å². The van der Waals surface area contributed by atoms with Crippen molar-refractivity contribution in [2.24, 2.45) is 11.8 Å². The fraction of sp³-hybridized carbons (Fsp3) is 0.923. The van der Waals surface area contributed by atoms with Gasteiger partial charge in [0.05, 0.1) is 19.8 Å². The van der Waals surface area contributed by atoms with Crippen LogP contribution in [0.15, 0.2) is 0 Å². The summed E-state index contributed by atoms with van der Waals surface area (Å²) in [5.74, 6) is 1.36. The quantitative estimate of drug-likeness (QED) is 0.740. The summed E-state index contributed by atoms with van der Waals surface area (Å²) in [7, 11) is 0. The highest BCUT2D eigenvalue weighted by molar-refractivity contribution is 5.85. The van der Waals surface area contributed by atoms with Crippen LogP contribution >= 0.6 is 0 Å². The second-order valence-corrected chi connectivity index (χ2v) is 4.96. The number of rotatable bonds is 3. The third kappa shape index (κ3) is 2.83. The topological polar surface area (TPSA) is 35.5 Å². The Bertz CT molecular complexity index is 225. The van der Waals surface area contributed by atoms with Gasteiger partial charge in [0.15, 0.2) is 5.78 Å². The maximum Gasteiger partial charge on any atom is 0.166 e. The first-order chi connectivity index (χ1) is 7.81. The molecule has 1 saturated heterocycles. The molecule has 3 heteroatoms. The third-order valence-corrected chi connectivity index (χ3v) is 3.96. The molecule has 92 valence electrons. The lowest BCUT2D eigenvalue weighted by molar-refractivity contribution is -0.150. The van der Waals surface area contributed by atoms with Crippen LogP contribution in [0.4, 0.5) is 0 Å². The van der Waals surface area contributed by atoms with E-state index in [1.165, 1.54) is 19.3 Å². The minimum atomic E-state index is -0.281. The Kier molecular flexibility index (Phi) is 4.36. The minimum Gasteiger partial charge on any atom is -0.376 e. The zero-order valence-corrected chi connectivity index (χ0v) is 10.1. The van der Waals surface area contributed by atoms with Crippen LogP contribution in [0.3, 0.4) is 0 Å². The van der Waals surface area contributed by atoms with Crippen LogP contribution in [-0.2, 0) is 14.3 Å². The lowest BCUT2D eigenvalue weighted by Gasteiger charge is -2.30. The molecule has 0 aromatic carbocycles. The van der Waals surface area contributed by atoms with Crippen molar-refractivity contribution < 1.29 is 14.3 Å². The van der Waals surface area contributed by atoms with Crippen molar-refractivity contribution in [3.8, 4) is 0 Å². The highest BCUT2D eigenvalue weighted by Crippen LogP contribution is 2.32. The standard InChI is InChI=1S/C13H22O3/c1-2-10-3-5-11(6-4-10)13(14)12-9-15-7-8-16-12/h10-12H,2-9H2,1H3. The smallest absolute Gasteiger partial charge is 0.166 e. The average molecular weight is 226 g/mol. The van der Waals surface area contributed by atoms with Gasteiger partial charge in [-0.25, -0.2) is 0 Å². The van der Waals surface area contributed by atoms with Crippen LogP contribution in [-0.4, -0.2) is 31.7 Å². The number of Topliss-reactive ketones (excluding diaryl/α,β-unsaturated/α-hetero) is 1. The van der Waals surface area contributed by atoms with E-state index in [0.29, 0.717) is 19.8 Å². The van der Waals surface area contributed by atoms with E-state index >= 15 is 0 Å². The number of ketones is 1. The summed E-state index contributed by atoms with van der Waals surface area (Å²) in [5, 5.41) is 0. The van der Waals surface area contributed by atoms with Crippen molar-refractivity contribution in [2.45, 2.75) is 45.1 Å². The van der Waals surface area contributed by atoms with E-state index in [-0.39, 0.29) is 17.8 Å². The Balaban J connectivity index is 1.81. The Morgan fingerprint density at radius 3 is 2.50 bits per heavy atom. The second kappa shape index (κ2) is 5.78. The van der Waals surface area contributed by atoms with Gasteiger partial charge in [-0.05, 0) is 31.6 Å². The van der Waals surface area contributed by atoms with Crippen LogP contribution in [0.5, 0.6) is 0 Å². The molecule has 1 atom stereocenters. The fourth-order valence-electron chi connectivity index (χ4n) is 2.77. The SMILES string of the molecule is CCC1CCC(C(=O)C2COCCO2)CC1. The minimum absolute atomic E-state index is 0.231. The summed E-state index contributed by atoms with van der Waals surface area (Å²) in [6, 6.07) is 0. The van der Waals surface area contributed by atoms with Crippen LogP contribution in [0.2, 0.25) is 0 Å². The number of ether oxygens (including phenoxy) is 2. The molecule has 1 aliphatic heterocycles. The van der Waals surface area contributed by atoms with Gasteiger partial charge in [0, 0.05) is 5.92 Å². The molecule has 0 aromatic rings. The highest BCUT2D eigenvalue weighted by atomic mass is 16.6. The molecular weight excluding hydrogens is 204 g/mol. The van der Waals surface area contributed by atoms with E-state index < -0.39 is 0 Å². The van der Waals surface area contributed by atoms with Crippen molar-refractivity contribution >= 4 is 5.78 Å². The normalized spacial score (nSPS) is 35.9. The van der Waals surface area contributed by atoms with Gasteiger partial charge in [-0.15, -0.1) is 0 Å². The van der Waals surface area contributed by atoms with E-state index in [9.17, 15) is 4.79 Å². The third-order valence-electron chi connectivity index (χ3n) is 3.96. The molecule has 2 rings (SSSR count). The molecule has 1 aliphatic carbocycles. The summed E-state index contributed by atoms with van der Waals surface area (Å²) < 4.78 is 10.8. The van der Waals surface area contributed by atoms with Crippen molar-refractivity contribution in [3.63, 3.8) is 0 Å². The Morgan fingerprint density at radius 2 is 1.94 bits per heavy atom. The Hall–Kier alpha value is -0.410. The second-order valence-electron chi connectivity index (χ2n) is 4.96. The molecule has 2 aliphatic rings. The number of carbonyl (C=O) groups is 1. The van der Waals surface area contributed by atoms with Gasteiger partial charge >= 0.3 is 0 Å². The van der Waals surface area contributed by atoms with E-state index in [2.05, 4.69) is 6.92 Å². The first kappa shape index (κ1) is 12.1. The molecule has 2 fully saturated rings. The first-order valence-electron chi connectivity index (χ1n) is 6.54. The molecule has 0 spiro atoms. The predicted molar refractivity (Wildman–Crippen MR) is 61.3 cm³/mol. The summed E-state index contributed by atoms with van der Waals surface area (Å²) in [5.41, 5.74) is 0. The molecule has 1 unspecified atom stereocenters. The molecule has 0 radical (unpaired) electrons. The van der Waals surface area contributed by atoms with Gasteiger partial charge in [0.2, 0.25) is 0 Å². The molecule has 0 N–H and O–H groups in total. The zero-order chi connectivity index (χ0) is 11.4. The maximum atomic E-state index is 12.1. The first-order valence-corrected chi connectivity index (χ1v) is 6.54. The fourth-order valence-corrected chi connectivity index (χ4v) is 2.77. The number of carbonyl (C=O) groups excluding carboxylic acids is 1. The summed E-state index contributed by atoms with van der Waals surface area (Å²) in [6.45, 7) is 3.91.